The normalized spacial score (nSPS) is 20.7. The third kappa shape index (κ3) is 3.19. The van der Waals surface area contributed by atoms with Gasteiger partial charge in [0.15, 0.2) is 9.84 Å². The zero-order valence-electron chi connectivity index (χ0n) is 13.4. The van der Waals surface area contributed by atoms with Crippen LogP contribution in [-0.4, -0.2) is 24.1 Å². The van der Waals surface area contributed by atoms with Gasteiger partial charge in [0, 0.05) is 12.3 Å². The van der Waals surface area contributed by atoms with Crippen LogP contribution in [0.2, 0.25) is 0 Å². The van der Waals surface area contributed by atoms with Gasteiger partial charge in [-0.15, -0.1) is 0 Å². The van der Waals surface area contributed by atoms with Gasteiger partial charge >= 0.3 is 5.25 Å². The van der Waals surface area contributed by atoms with Crippen molar-refractivity contribution in [3.63, 3.8) is 0 Å². The molecule has 1 aliphatic heterocycles. The van der Waals surface area contributed by atoms with Crippen molar-refractivity contribution in [2.24, 2.45) is 0 Å². The Morgan fingerprint density at radius 1 is 1.26 bits per heavy atom. The highest BCUT2D eigenvalue weighted by Gasteiger charge is 2.58. The monoisotopic (exact) mass is 419 g/mol. The third-order valence-electron chi connectivity index (χ3n) is 3.73. The van der Waals surface area contributed by atoms with Gasteiger partial charge in [-0.05, 0) is 24.3 Å². The van der Waals surface area contributed by atoms with E-state index in [2.05, 4.69) is 0 Å². The topological polar surface area (TPSA) is 84.2 Å². The molecule has 11 heteroatoms. The smallest absolute Gasteiger partial charge is 0.360 e. The molecule has 1 heterocycles. The van der Waals surface area contributed by atoms with Crippen molar-refractivity contribution < 1.29 is 34.9 Å². The van der Waals surface area contributed by atoms with Gasteiger partial charge in [-0.25, -0.2) is 21.4 Å². The molecule has 2 atom stereocenters. The van der Waals surface area contributed by atoms with Gasteiger partial charge in [0.2, 0.25) is 6.17 Å². The van der Waals surface area contributed by atoms with Gasteiger partial charge in [0.25, 0.3) is 0 Å². The fraction of sp³-hybridized carbons (Fsp3) is 0.188. The molecule has 0 saturated carbocycles. The van der Waals surface area contributed by atoms with Crippen molar-refractivity contribution in [1.29, 1.82) is 5.26 Å². The molecule has 3 rings (SSSR count). The van der Waals surface area contributed by atoms with Crippen molar-refractivity contribution in [3.05, 3.63) is 47.3 Å². The summed E-state index contributed by atoms with van der Waals surface area (Å²) in [7, 11) is -7.36. The maximum atomic E-state index is 14.4. The number of alkyl halides is 3. The Hall–Kier alpha value is -2.45. The fourth-order valence-corrected chi connectivity index (χ4v) is 5.26. The summed E-state index contributed by atoms with van der Waals surface area (Å²) in [5.41, 5.74) is -1.02. The van der Waals surface area contributed by atoms with Crippen LogP contribution in [0.1, 0.15) is 17.3 Å². The van der Waals surface area contributed by atoms with Crippen molar-refractivity contribution in [2.75, 3.05) is 6.26 Å². The summed E-state index contributed by atoms with van der Waals surface area (Å²) in [5.74, 6) is -1.71. The molecule has 0 saturated heterocycles. The van der Waals surface area contributed by atoms with Crippen LogP contribution in [0.15, 0.2) is 40.1 Å². The Labute approximate surface area is 153 Å². The first kappa shape index (κ1) is 19.3. The molecule has 0 aromatic heterocycles. The number of hydrogen-bond acceptors (Lipinski definition) is 5. The molecule has 0 amide bonds. The molecule has 0 bridgehead atoms. The molecular weight excluding hydrogens is 410 g/mol. The predicted molar refractivity (Wildman–Crippen MR) is 85.9 cm³/mol. The van der Waals surface area contributed by atoms with Crippen molar-refractivity contribution >= 4 is 20.6 Å². The summed E-state index contributed by atoms with van der Waals surface area (Å²) in [6.45, 7) is 0. The second-order valence-electron chi connectivity index (χ2n) is 5.66. The van der Waals surface area contributed by atoms with Crippen molar-refractivity contribution in [3.8, 4) is 17.6 Å². The molecule has 1 aliphatic rings. The Balaban J connectivity index is 2.22. The summed E-state index contributed by atoms with van der Waals surface area (Å²) < 4.78 is 96.7. The maximum Gasteiger partial charge on any atom is 0.360 e. The zero-order valence-corrected chi connectivity index (χ0v) is 15.0. The van der Waals surface area contributed by atoms with E-state index in [-0.39, 0.29) is 11.3 Å². The van der Waals surface area contributed by atoms with Crippen LogP contribution in [0.4, 0.5) is 17.6 Å². The van der Waals surface area contributed by atoms with Crippen LogP contribution in [0.25, 0.3) is 0 Å². The average molecular weight is 419 g/mol. The quantitative estimate of drug-likeness (QED) is 0.710. The van der Waals surface area contributed by atoms with Gasteiger partial charge in [0.1, 0.15) is 28.1 Å². The molecule has 0 aliphatic carbocycles. The number of rotatable bonds is 3. The Bertz CT molecular complexity index is 1130. The van der Waals surface area contributed by atoms with Crippen molar-refractivity contribution in [1.82, 2.24) is 0 Å². The Morgan fingerprint density at radius 2 is 1.93 bits per heavy atom. The number of halogens is 4. The molecule has 142 valence electrons. The van der Waals surface area contributed by atoms with Crippen LogP contribution in [0, 0.1) is 17.1 Å². The molecule has 0 N–H and O–H groups in total. The lowest BCUT2D eigenvalue weighted by Crippen LogP contribution is -2.22. The fourth-order valence-electron chi connectivity index (χ4n) is 2.58. The van der Waals surface area contributed by atoms with E-state index in [9.17, 15) is 30.2 Å². The van der Waals surface area contributed by atoms with Gasteiger partial charge < -0.3 is 4.74 Å². The average Bonchev–Trinajstić information content (AvgIpc) is 2.75. The lowest BCUT2D eigenvalue weighted by atomic mass is 10.1. The highest BCUT2D eigenvalue weighted by Crippen LogP contribution is 2.54. The molecular formula is C16H9F4NO4S2. The van der Waals surface area contributed by atoms with Crippen LogP contribution in [0.5, 0.6) is 11.5 Å². The van der Waals surface area contributed by atoms with E-state index in [1.54, 1.807) is 6.07 Å². The van der Waals surface area contributed by atoms with Crippen LogP contribution < -0.4 is 4.74 Å². The van der Waals surface area contributed by atoms with Crippen LogP contribution >= 0.6 is 0 Å². The highest BCUT2D eigenvalue weighted by atomic mass is 32.2. The largest absolute Gasteiger partial charge is 0.457 e. The second kappa shape index (κ2) is 6.31. The molecule has 0 radical (unpaired) electrons. The second-order valence-corrected chi connectivity index (χ2v) is 9.13. The molecule has 2 aromatic carbocycles. The first-order chi connectivity index (χ1) is 12.5. The first-order valence-electron chi connectivity index (χ1n) is 7.16. The lowest BCUT2D eigenvalue weighted by molar-refractivity contribution is 0.0135. The maximum absolute atomic E-state index is 14.4. The highest BCUT2D eigenvalue weighted by molar-refractivity contribution is 7.92. The molecule has 5 nitrogen and oxygen atoms in total. The van der Waals surface area contributed by atoms with E-state index in [0.717, 1.165) is 30.3 Å². The van der Waals surface area contributed by atoms with E-state index in [0.29, 0.717) is 6.26 Å². The lowest BCUT2D eigenvalue weighted by Gasteiger charge is -2.14. The number of nitrogens with zero attached hydrogens (tertiary/aromatic N) is 1. The van der Waals surface area contributed by atoms with Gasteiger partial charge in [0.05, 0.1) is 27.0 Å². The van der Waals surface area contributed by atoms with Gasteiger partial charge in [-0.1, -0.05) is 0 Å². The number of sulfone groups is 1. The number of benzene rings is 2. The SMILES string of the molecule is CS(=O)(=O)c1ccc(Oc2cc(F)cc(C#N)c2)c2c1S(=O)C(F)(F)[C@H]2F. The number of hydrogen-bond donors (Lipinski definition) is 0. The van der Waals surface area contributed by atoms with Crippen molar-refractivity contribution in [2.45, 2.75) is 21.2 Å². The number of fused-ring (bicyclic) bond motifs is 1. The minimum atomic E-state index is -4.36. The summed E-state index contributed by atoms with van der Waals surface area (Å²) in [6.07, 6.45) is -2.38. The minimum Gasteiger partial charge on any atom is -0.457 e. The van der Waals surface area contributed by atoms with E-state index < -0.39 is 59.0 Å². The molecule has 0 fully saturated rings. The van der Waals surface area contributed by atoms with E-state index in [1.165, 1.54) is 0 Å². The Morgan fingerprint density at radius 3 is 2.52 bits per heavy atom. The molecule has 27 heavy (non-hydrogen) atoms. The van der Waals surface area contributed by atoms with Gasteiger partial charge in [-0.3, -0.25) is 0 Å². The Kier molecular flexibility index (Phi) is 4.52. The predicted octanol–water partition coefficient (Wildman–Crippen LogP) is 3.62. The summed E-state index contributed by atoms with van der Waals surface area (Å²) in [5, 5.41) is 4.48. The van der Waals surface area contributed by atoms with E-state index >= 15 is 0 Å². The third-order valence-corrected chi connectivity index (χ3v) is 6.51. The number of ether oxygens (including phenoxy) is 1. The van der Waals surface area contributed by atoms with E-state index in [1.807, 2.05) is 0 Å². The van der Waals surface area contributed by atoms with Crippen LogP contribution in [0.3, 0.4) is 0 Å². The molecule has 2 aromatic rings. The van der Waals surface area contributed by atoms with E-state index in [4.69, 9.17) is 10.00 Å². The summed E-state index contributed by atoms with van der Waals surface area (Å²) in [6, 6.07) is 6.24. The molecule has 1 unspecified atom stereocenters. The first-order valence-corrected chi connectivity index (χ1v) is 10.2. The minimum absolute atomic E-state index is 0.139. The zero-order chi connectivity index (χ0) is 20.1. The number of nitriles is 1. The molecule has 0 spiro atoms. The standard InChI is InChI=1S/C16H9F4NO4S2/c1-27(23,24)12-3-2-11(13-14(12)26(22)16(19,20)15(13)18)25-10-5-8(7-21)4-9(17)6-10/h2-6,15H,1H3/t15-,26?/m0/s1. The summed E-state index contributed by atoms with van der Waals surface area (Å²) in [4.78, 5) is -1.59. The summed E-state index contributed by atoms with van der Waals surface area (Å²) >= 11 is 0. The van der Waals surface area contributed by atoms with Gasteiger partial charge in [-0.2, -0.15) is 14.0 Å². The van der Waals surface area contributed by atoms with Crippen LogP contribution in [-0.2, 0) is 20.6 Å².